The molecule has 3 aromatic rings. The number of carbonyl (C=O) groups excluding carboxylic acids is 2. The quantitative estimate of drug-likeness (QED) is 0.444. The molecule has 2 N–H and O–H groups in total. The third kappa shape index (κ3) is 4.42. The number of rotatable bonds is 5. The van der Waals surface area contributed by atoms with E-state index in [9.17, 15) is 14.4 Å². The first-order valence-electron chi connectivity index (χ1n) is 9.00. The van der Waals surface area contributed by atoms with E-state index in [4.69, 9.17) is 21.7 Å². The first-order valence-corrected chi connectivity index (χ1v) is 10.2. The lowest BCUT2D eigenvalue weighted by molar-refractivity contribution is -0.123. The highest BCUT2D eigenvalue weighted by molar-refractivity contribution is 8.26. The molecule has 2 heterocycles. The maximum atomic E-state index is 12.7. The van der Waals surface area contributed by atoms with Gasteiger partial charge >= 0.3 is 5.97 Å². The van der Waals surface area contributed by atoms with Crippen molar-refractivity contribution < 1.29 is 23.9 Å². The highest BCUT2D eigenvalue weighted by Gasteiger charge is 2.34. The number of amides is 2. The summed E-state index contributed by atoms with van der Waals surface area (Å²) < 4.78 is 5.95. The third-order valence-corrected chi connectivity index (χ3v) is 5.64. The maximum absolute atomic E-state index is 12.7. The molecule has 7 nitrogen and oxygen atoms in total. The van der Waals surface area contributed by atoms with Gasteiger partial charge in [-0.05, 0) is 48.6 Å². The van der Waals surface area contributed by atoms with Crippen LogP contribution in [-0.2, 0) is 4.79 Å². The second kappa shape index (κ2) is 8.58. The Morgan fingerprint density at radius 3 is 2.52 bits per heavy atom. The van der Waals surface area contributed by atoms with E-state index in [2.05, 4.69) is 5.43 Å². The van der Waals surface area contributed by atoms with Gasteiger partial charge in [0.15, 0.2) is 4.32 Å². The second-order valence-corrected chi connectivity index (χ2v) is 8.09. The fraction of sp³-hybridized carbons (Fsp3) is 0. The summed E-state index contributed by atoms with van der Waals surface area (Å²) in [7, 11) is 0. The molecule has 0 saturated carbocycles. The predicted octanol–water partition coefficient (Wildman–Crippen LogP) is 4.19. The molecule has 2 amide bonds. The molecular formula is C22H14N2O5S2. The highest BCUT2D eigenvalue weighted by atomic mass is 32.2. The number of furan rings is 1. The molecule has 31 heavy (non-hydrogen) atoms. The number of nitrogens with one attached hydrogen (secondary N) is 1. The van der Waals surface area contributed by atoms with Gasteiger partial charge in [-0.2, -0.15) is 5.01 Å². The monoisotopic (exact) mass is 450 g/mol. The fourth-order valence-electron chi connectivity index (χ4n) is 2.84. The number of thiocarbonyl (C=S) groups is 1. The molecule has 1 aliphatic rings. The van der Waals surface area contributed by atoms with Gasteiger partial charge in [-0.25, -0.2) is 4.79 Å². The summed E-state index contributed by atoms with van der Waals surface area (Å²) in [6.45, 7) is 0. The molecule has 1 saturated heterocycles. The van der Waals surface area contributed by atoms with Crippen molar-refractivity contribution in [3.05, 3.63) is 88.5 Å². The van der Waals surface area contributed by atoms with Gasteiger partial charge in [-0.1, -0.05) is 42.1 Å². The smallest absolute Gasteiger partial charge is 0.335 e. The molecule has 0 radical (unpaired) electrons. The minimum Gasteiger partial charge on any atom is -0.478 e. The number of carbonyl (C=O) groups is 3. The Hall–Kier alpha value is -3.69. The van der Waals surface area contributed by atoms with E-state index in [0.717, 1.165) is 16.8 Å². The molecule has 2 aromatic carbocycles. The van der Waals surface area contributed by atoms with E-state index in [1.807, 2.05) is 0 Å². The summed E-state index contributed by atoms with van der Waals surface area (Å²) in [5, 5.41) is 10.2. The van der Waals surface area contributed by atoms with E-state index in [1.165, 1.54) is 18.2 Å². The number of thioether (sulfide) groups is 1. The van der Waals surface area contributed by atoms with Crippen molar-refractivity contribution in [2.24, 2.45) is 0 Å². The summed E-state index contributed by atoms with van der Waals surface area (Å²) in [5.74, 6) is -1.09. The van der Waals surface area contributed by atoms with Crippen LogP contribution in [0.3, 0.4) is 0 Å². The molecule has 1 fully saturated rings. The molecule has 0 atom stereocenters. The Balaban J connectivity index is 1.52. The van der Waals surface area contributed by atoms with Crippen LogP contribution in [0.1, 0.15) is 26.5 Å². The van der Waals surface area contributed by atoms with Gasteiger partial charge in [-0.15, -0.1) is 0 Å². The van der Waals surface area contributed by atoms with Gasteiger partial charge in [0.2, 0.25) is 0 Å². The average molecular weight is 450 g/mol. The first kappa shape index (κ1) is 20.6. The molecule has 1 aromatic heterocycles. The van der Waals surface area contributed by atoms with E-state index in [1.54, 1.807) is 54.6 Å². The number of hydrogen-bond acceptors (Lipinski definition) is 6. The Kier molecular flexibility index (Phi) is 5.70. The number of carboxylic acids is 1. The maximum Gasteiger partial charge on any atom is 0.335 e. The summed E-state index contributed by atoms with van der Waals surface area (Å²) in [6, 6.07) is 18.2. The molecule has 0 aliphatic carbocycles. The average Bonchev–Trinajstić information content (AvgIpc) is 3.35. The Morgan fingerprint density at radius 1 is 1.03 bits per heavy atom. The van der Waals surface area contributed by atoms with E-state index >= 15 is 0 Å². The van der Waals surface area contributed by atoms with Crippen LogP contribution in [0, 0.1) is 0 Å². The lowest BCUT2D eigenvalue weighted by atomic mass is 10.1. The molecular weight excluding hydrogens is 436 g/mol. The summed E-state index contributed by atoms with van der Waals surface area (Å²) in [5.41, 5.74) is 3.66. The molecule has 0 bridgehead atoms. The van der Waals surface area contributed by atoms with Crippen LogP contribution >= 0.6 is 24.0 Å². The van der Waals surface area contributed by atoms with Crippen LogP contribution in [-0.4, -0.2) is 32.2 Å². The van der Waals surface area contributed by atoms with Crippen molar-refractivity contribution in [1.29, 1.82) is 0 Å². The number of hydrogen-bond donors (Lipinski definition) is 2. The van der Waals surface area contributed by atoms with Crippen LogP contribution in [0.15, 0.2) is 76.1 Å². The number of carboxylic acid groups (broad SMARTS) is 1. The minimum absolute atomic E-state index is 0.144. The zero-order valence-corrected chi connectivity index (χ0v) is 17.4. The lowest BCUT2D eigenvalue weighted by Crippen LogP contribution is -2.44. The van der Waals surface area contributed by atoms with Crippen LogP contribution in [0.2, 0.25) is 0 Å². The lowest BCUT2D eigenvalue weighted by Gasteiger charge is -2.15. The second-order valence-electron chi connectivity index (χ2n) is 6.41. The number of benzene rings is 2. The molecule has 154 valence electrons. The molecule has 0 spiro atoms. The SMILES string of the molecule is O=C(O)c1cccc(-c2ccc(/C=C3/SC(=S)N(NC(=O)c4ccccc4)C3=O)o2)c1. The van der Waals surface area contributed by atoms with Gasteiger partial charge in [0.25, 0.3) is 11.8 Å². The van der Waals surface area contributed by atoms with Gasteiger partial charge in [0.1, 0.15) is 11.5 Å². The van der Waals surface area contributed by atoms with Crippen molar-refractivity contribution in [2.75, 3.05) is 0 Å². The molecule has 0 unspecified atom stereocenters. The van der Waals surface area contributed by atoms with Crippen LogP contribution in [0.5, 0.6) is 0 Å². The number of aromatic carboxylic acids is 1. The standard InChI is InChI=1S/C22H14N2O5S2/c25-19(13-5-2-1-3-6-13)23-24-20(26)18(31-22(24)30)12-16-9-10-17(29-16)14-7-4-8-15(11-14)21(27)28/h1-12H,(H,23,25)(H,27,28)/b18-12+. The fourth-order valence-corrected chi connectivity index (χ4v) is 4.00. The summed E-state index contributed by atoms with van der Waals surface area (Å²) in [6.07, 6.45) is 1.53. The van der Waals surface area contributed by atoms with Crippen molar-refractivity contribution >= 4 is 52.2 Å². The van der Waals surface area contributed by atoms with E-state index in [-0.39, 0.29) is 9.88 Å². The number of nitrogens with zero attached hydrogens (tertiary/aromatic N) is 1. The number of hydrazine groups is 1. The summed E-state index contributed by atoms with van der Waals surface area (Å²) in [4.78, 5) is 36.5. The van der Waals surface area contributed by atoms with Crippen molar-refractivity contribution in [2.45, 2.75) is 0 Å². The van der Waals surface area contributed by atoms with Crippen LogP contribution < -0.4 is 5.43 Å². The van der Waals surface area contributed by atoms with Gasteiger partial charge in [-0.3, -0.25) is 15.0 Å². The van der Waals surface area contributed by atoms with Crippen LogP contribution in [0.4, 0.5) is 0 Å². The van der Waals surface area contributed by atoms with Gasteiger partial charge < -0.3 is 9.52 Å². The largest absolute Gasteiger partial charge is 0.478 e. The van der Waals surface area contributed by atoms with Crippen LogP contribution in [0.25, 0.3) is 17.4 Å². The van der Waals surface area contributed by atoms with Gasteiger partial charge in [0, 0.05) is 17.2 Å². The predicted molar refractivity (Wildman–Crippen MR) is 120 cm³/mol. The Bertz CT molecular complexity index is 1230. The first-order chi connectivity index (χ1) is 14.9. The highest BCUT2D eigenvalue weighted by Crippen LogP contribution is 2.33. The van der Waals surface area contributed by atoms with E-state index < -0.39 is 17.8 Å². The Labute approximate surface area is 186 Å². The van der Waals surface area contributed by atoms with Crippen molar-refractivity contribution in [3.8, 4) is 11.3 Å². The molecule has 1 aliphatic heterocycles. The normalized spacial score (nSPS) is 14.8. The zero-order chi connectivity index (χ0) is 22.0. The summed E-state index contributed by atoms with van der Waals surface area (Å²) >= 11 is 6.27. The minimum atomic E-state index is -1.03. The third-order valence-electron chi connectivity index (χ3n) is 4.34. The van der Waals surface area contributed by atoms with E-state index in [0.29, 0.717) is 27.6 Å². The molecule has 9 heteroatoms. The topological polar surface area (TPSA) is 99.9 Å². The van der Waals surface area contributed by atoms with Gasteiger partial charge in [0.05, 0.1) is 10.5 Å². The van der Waals surface area contributed by atoms with Crippen molar-refractivity contribution in [1.82, 2.24) is 10.4 Å². The van der Waals surface area contributed by atoms with Crippen molar-refractivity contribution in [3.63, 3.8) is 0 Å². The zero-order valence-electron chi connectivity index (χ0n) is 15.8. The molecule has 4 rings (SSSR count). The Morgan fingerprint density at radius 2 is 1.77 bits per heavy atom.